The Morgan fingerprint density at radius 1 is 1.15 bits per heavy atom. The van der Waals surface area contributed by atoms with Crippen LogP contribution in [0, 0.1) is 12.7 Å². The highest BCUT2D eigenvalue weighted by Crippen LogP contribution is 2.27. The second kappa shape index (κ2) is 8.18. The summed E-state index contributed by atoms with van der Waals surface area (Å²) in [5.74, 6) is -0.203. The molecule has 1 fully saturated rings. The number of rotatable bonds is 6. The Kier molecular flexibility index (Phi) is 5.91. The van der Waals surface area contributed by atoms with Crippen LogP contribution in [0.15, 0.2) is 35.5 Å². The number of methoxy groups -OCH3 is 1. The Labute approximate surface area is 158 Å². The molecule has 0 spiro atoms. The molecule has 1 saturated carbocycles. The SMILES string of the molecule is COc1ccc(C)cc1S(=O)(=O)NC1CCC(Oc2ncc(F)cn2)CC1. The Balaban J connectivity index is 1.60. The minimum absolute atomic E-state index is 0.121. The zero-order valence-electron chi connectivity index (χ0n) is 15.2. The second-order valence-corrected chi connectivity index (χ2v) is 8.23. The van der Waals surface area contributed by atoms with Crippen molar-refractivity contribution < 1.29 is 22.3 Å². The average molecular weight is 395 g/mol. The van der Waals surface area contributed by atoms with Crippen molar-refractivity contribution in [2.75, 3.05) is 7.11 Å². The van der Waals surface area contributed by atoms with Gasteiger partial charge in [-0.1, -0.05) is 6.07 Å². The highest BCUT2D eigenvalue weighted by atomic mass is 32.2. The van der Waals surface area contributed by atoms with Gasteiger partial charge in [-0.2, -0.15) is 0 Å². The van der Waals surface area contributed by atoms with Gasteiger partial charge in [0, 0.05) is 6.04 Å². The van der Waals surface area contributed by atoms with Gasteiger partial charge in [-0.3, -0.25) is 0 Å². The van der Waals surface area contributed by atoms with Crippen molar-refractivity contribution in [1.29, 1.82) is 0 Å². The number of hydrogen-bond acceptors (Lipinski definition) is 6. The van der Waals surface area contributed by atoms with E-state index < -0.39 is 15.8 Å². The molecule has 1 aromatic heterocycles. The molecule has 0 amide bonds. The van der Waals surface area contributed by atoms with E-state index in [0.29, 0.717) is 31.4 Å². The molecule has 3 rings (SSSR count). The minimum atomic E-state index is -3.69. The van der Waals surface area contributed by atoms with E-state index in [1.807, 2.05) is 6.92 Å². The number of aryl methyl sites for hydroxylation is 1. The van der Waals surface area contributed by atoms with Gasteiger partial charge in [0.05, 0.1) is 19.5 Å². The van der Waals surface area contributed by atoms with Gasteiger partial charge in [-0.25, -0.2) is 27.5 Å². The van der Waals surface area contributed by atoms with Gasteiger partial charge >= 0.3 is 6.01 Å². The second-order valence-electron chi connectivity index (χ2n) is 6.55. The topological polar surface area (TPSA) is 90.4 Å². The standard InChI is InChI=1S/C18H22FN3O4S/c1-12-3-8-16(25-2)17(9-12)27(23,24)22-14-4-6-15(7-5-14)26-18-20-10-13(19)11-21-18/h3,8-11,14-15,22H,4-7H2,1-2H3. The molecule has 1 N–H and O–H groups in total. The first-order chi connectivity index (χ1) is 12.9. The number of halogens is 1. The number of sulfonamides is 1. The van der Waals surface area contributed by atoms with Crippen molar-refractivity contribution in [2.24, 2.45) is 0 Å². The highest BCUT2D eigenvalue weighted by Gasteiger charge is 2.28. The Hall–Kier alpha value is -2.26. The van der Waals surface area contributed by atoms with E-state index in [4.69, 9.17) is 9.47 Å². The van der Waals surface area contributed by atoms with E-state index >= 15 is 0 Å². The molecule has 27 heavy (non-hydrogen) atoms. The van der Waals surface area contributed by atoms with Crippen molar-refractivity contribution in [3.05, 3.63) is 42.0 Å². The largest absolute Gasteiger partial charge is 0.495 e. The third-order valence-electron chi connectivity index (χ3n) is 4.47. The summed E-state index contributed by atoms with van der Waals surface area (Å²) in [4.78, 5) is 7.71. The fourth-order valence-corrected chi connectivity index (χ4v) is 4.64. The molecule has 1 heterocycles. The first-order valence-corrected chi connectivity index (χ1v) is 10.2. The van der Waals surface area contributed by atoms with E-state index in [2.05, 4.69) is 14.7 Å². The molecule has 0 atom stereocenters. The van der Waals surface area contributed by atoms with E-state index in [1.165, 1.54) is 7.11 Å². The molecule has 0 unspecified atom stereocenters. The van der Waals surface area contributed by atoms with Gasteiger partial charge in [-0.05, 0) is 50.3 Å². The lowest BCUT2D eigenvalue weighted by Crippen LogP contribution is -2.39. The minimum Gasteiger partial charge on any atom is -0.495 e. The molecule has 1 aliphatic rings. The predicted molar refractivity (Wildman–Crippen MR) is 96.7 cm³/mol. The summed E-state index contributed by atoms with van der Waals surface area (Å²) in [7, 11) is -2.24. The number of aromatic nitrogens is 2. The molecule has 9 heteroatoms. The molecular weight excluding hydrogens is 373 g/mol. The molecule has 0 saturated heterocycles. The zero-order chi connectivity index (χ0) is 19.4. The van der Waals surface area contributed by atoms with Crippen LogP contribution in [0.2, 0.25) is 0 Å². The summed E-state index contributed by atoms with van der Waals surface area (Å²) in [5, 5.41) is 0. The molecule has 0 radical (unpaired) electrons. The molecule has 1 aliphatic carbocycles. The molecule has 0 bridgehead atoms. The van der Waals surface area contributed by atoms with Gasteiger partial charge in [0.2, 0.25) is 10.0 Å². The number of ether oxygens (including phenoxy) is 2. The fourth-order valence-electron chi connectivity index (χ4n) is 3.09. The van der Waals surface area contributed by atoms with Crippen LogP contribution >= 0.6 is 0 Å². The first-order valence-electron chi connectivity index (χ1n) is 8.68. The van der Waals surface area contributed by atoms with Crippen molar-refractivity contribution in [2.45, 2.75) is 49.6 Å². The normalized spacial score (nSPS) is 20.3. The van der Waals surface area contributed by atoms with Crippen LogP contribution in [0.4, 0.5) is 4.39 Å². The Bertz CT molecular complexity index is 882. The maximum Gasteiger partial charge on any atom is 0.316 e. The Morgan fingerprint density at radius 3 is 2.44 bits per heavy atom. The van der Waals surface area contributed by atoms with E-state index in [0.717, 1.165) is 18.0 Å². The van der Waals surface area contributed by atoms with Crippen LogP contribution in [0.25, 0.3) is 0 Å². The van der Waals surface area contributed by atoms with Crippen LogP contribution in [0.5, 0.6) is 11.8 Å². The monoisotopic (exact) mass is 395 g/mol. The molecule has 2 aromatic rings. The van der Waals surface area contributed by atoms with E-state index in [1.54, 1.807) is 18.2 Å². The van der Waals surface area contributed by atoms with E-state index in [9.17, 15) is 12.8 Å². The number of benzene rings is 1. The van der Waals surface area contributed by atoms with Crippen LogP contribution in [-0.2, 0) is 10.0 Å². The summed E-state index contributed by atoms with van der Waals surface area (Å²) in [6, 6.07) is 5.00. The fraction of sp³-hybridized carbons (Fsp3) is 0.444. The summed E-state index contributed by atoms with van der Waals surface area (Å²) in [6.07, 6.45) is 4.54. The van der Waals surface area contributed by atoms with Crippen molar-refractivity contribution in [3.63, 3.8) is 0 Å². The molecule has 1 aromatic carbocycles. The summed E-state index contributed by atoms with van der Waals surface area (Å²) >= 11 is 0. The maximum absolute atomic E-state index is 12.8. The first kappa shape index (κ1) is 19.5. The zero-order valence-corrected chi connectivity index (χ0v) is 16.0. The highest BCUT2D eigenvalue weighted by molar-refractivity contribution is 7.89. The van der Waals surface area contributed by atoms with Crippen LogP contribution < -0.4 is 14.2 Å². The number of nitrogens with one attached hydrogen (secondary N) is 1. The molecule has 7 nitrogen and oxygen atoms in total. The molecular formula is C18H22FN3O4S. The smallest absolute Gasteiger partial charge is 0.316 e. The average Bonchev–Trinajstić information content (AvgIpc) is 2.65. The predicted octanol–water partition coefficient (Wildman–Crippen LogP) is 2.60. The number of hydrogen-bond donors (Lipinski definition) is 1. The lowest BCUT2D eigenvalue weighted by Gasteiger charge is -2.28. The Morgan fingerprint density at radius 2 is 1.81 bits per heavy atom. The van der Waals surface area contributed by atoms with Crippen molar-refractivity contribution in [1.82, 2.24) is 14.7 Å². The molecule has 0 aliphatic heterocycles. The lowest BCUT2D eigenvalue weighted by atomic mass is 9.94. The van der Waals surface area contributed by atoms with Crippen LogP contribution in [0.3, 0.4) is 0 Å². The van der Waals surface area contributed by atoms with E-state index in [-0.39, 0.29) is 23.1 Å². The van der Waals surface area contributed by atoms with Gasteiger partial charge in [-0.15, -0.1) is 0 Å². The summed E-state index contributed by atoms with van der Waals surface area (Å²) in [5.41, 5.74) is 0.840. The van der Waals surface area contributed by atoms with Gasteiger partial charge in [0.15, 0.2) is 5.82 Å². The maximum atomic E-state index is 12.8. The van der Waals surface area contributed by atoms with Crippen LogP contribution in [0.1, 0.15) is 31.2 Å². The van der Waals surface area contributed by atoms with Gasteiger partial charge in [0.25, 0.3) is 0 Å². The molecule has 146 valence electrons. The quantitative estimate of drug-likeness (QED) is 0.809. The van der Waals surface area contributed by atoms with Crippen molar-refractivity contribution >= 4 is 10.0 Å². The summed E-state index contributed by atoms with van der Waals surface area (Å²) in [6.45, 7) is 1.83. The van der Waals surface area contributed by atoms with Crippen molar-refractivity contribution in [3.8, 4) is 11.8 Å². The van der Waals surface area contributed by atoms with Gasteiger partial charge < -0.3 is 9.47 Å². The third kappa shape index (κ3) is 4.92. The third-order valence-corrected chi connectivity index (χ3v) is 6.02. The number of nitrogens with zero attached hydrogens (tertiary/aromatic N) is 2. The lowest BCUT2D eigenvalue weighted by molar-refractivity contribution is 0.131. The summed E-state index contributed by atoms with van der Waals surface area (Å²) < 4.78 is 51.9. The van der Waals surface area contributed by atoms with Crippen LogP contribution in [-0.4, -0.2) is 37.6 Å². The van der Waals surface area contributed by atoms with Gasteiger partial charge in [0.1, 0.15) is 16.7 Å².